The third-order valence-corrected chi connectivity index (χ3v) is 17.4. The van der Waals surface area contributed by atoms with Gasteiger partial charge in [0.05, 0.1) is 26.4 Å². The Bertz CT molecular complexity index is 1680. The van der Waals surface area contributed by atoms with Gasteiger partial charge in [0.15, 0.2) is 12.2 Å². The van der Waals surface area contributed by atoms with E-state index in [1.54, 1.807) is 0 Å². The largest absolute Gasteiger partial charge is 0.472 e. The number of hydrogen-bond donors (Lipinski definition) is 3. The van der Waals surface area contributed by atoms with Crippen molar-refractivity contribution in [3.8, 4) is 0 Å². The van der Waals surface area contributed by atoms with Crippen LogP contribution in [0.4, 0.5) is 0 Å². The molecule has 0 aliphatic rings. The first-order valence-electron chi connectivity index (χ1n) is 35.0. The van der Waals surface area contributed by atoms with Crippen LogP contribution in [0.3, 0.4) is 0 Å². The molecule has 0 saturated carbocycles. The smallest absolute Gasteiger partial charge is 0.462 e. The SMILES string of the molecule is CCCCCCCCCCCCCC(=O)O[C@H](COC(=O)CCCCCCC)COP(=O)(O)OC[C@H](O)COP(=O)(O)OC[C@@H](COC(=O)CCCCCCCCCCCC(C)C)OC(=O)CCCCCCCCCCCCCCCCCC(C)C. The summed E-state index contributed by atoms with van der Waals surface area (Å²) >= 11 is 0. The standard InChI is InChI=1S/C67H130O17P2/c1-7-9-11-13-14-15-21-27-33-39-45-51-66(71)83-62(55-77-64(69)49-43-35-12-10-8-2)57-81-85(73,74)79-53-61(68)54-80-86(75,76)82-58-63(56-78-65(70)50-44-38-32-29-24-26-31-37-42-48-60(5)6)84-67(72)52-46-40-34-28-23-20-18-16-17-19-22-25-30-36-41-47-59(3)4/h59-63,68H,7-58H2,1-6H3,(H,73,74)(H,75,76)/t61-,62+,63+/m0/s1. The monoisotopic (exact) mass is 1270 g/mol. The van der Waals surface area contributed by atoms with Gasteiger partial charge in [0.25, 0.3) is 0 Å². The summed E-state index contributed by atoms with van der Waals surface area (Å²) < 4.78 is 67.9. The first kappa shape index (κ1) is 84.1. The molecule has 0 aromatic rings. The molecule has 17 nitrogen and oxygen atoms in total. The summed E-state index contributed by atoms with van der Waals surface area (Å²) in [6.07, 6.45) is 43.4. The molecule has 2 unspecified atom stereocenters. The number of hydrogen-bond acceptors (Lipinski definition) is 15. The van der Waals surface area contributed by atoms with Gasteiger partial charge in [-0.25, -0.2) is 9.13 Å². The second-order valence-electron chi connectivity index (χ2n) is 25.2. The van der Waals surface area contributed by atoms with Gasteiger partial charge in [-0.15, -0.1) is 0 Å². The van der Waals surface area contributed by atoms with Crippen molar-refractivity contribution in [2.45, 2.75) is 355 Å². The number of rotatable bonds is 66. The molecule has 0 spiro atoms. The Morgan fingerprint density at radius 2 is 0.535 bits per heavy atom. The summed E-state index contributed by atoms with van der Waals surface area (Å²) in [7, 11) is -9.88. The zero-order valence-electron chi connectivity index (χ0n) is 55.6. The molecule has 0 amide bonds. The minimum Gasteiger partial charge on any atom is -0.462 e. The Hall–Kier alpha value is -1.94. The van der Waals surface area contributed by atoms with Crippen LogP contribution in [0.5, 0.6) is 0 Å². The van der Waals surface area contributed by atoms with Crippen molar-refractivity contribution < 1.29 is 80.2 Å². The lowest BCUT2D eigenvalue weighted by atomic mass is 10.0. The van der Waals surface area contributed by atoms with E-state index >= 15 is 0 Å². The van der Waals surface area contributed by atoms with Crippen molar-refractivity contribution in [3.63, 3.8) is 0 Å². The van der Waals surface area contributed by atoms with Gasteiger partial charge < -0.3 is 33.8 Å². The van der Waals surface area contributed by atoms with Crippen molar-refractivity contribution in [2.24, 2.45) is 11.8 Å². The predicted molar refractivity (Wildman–Crippen MR) is 345 cm³/mol. The van der Waals surface area contributed by atoms with Crippen LogP contribution in [0, 0.1) is 11.8 Å². The molecule has 5 atom stereocenters. The summed E-state index contributed by atoms with van der Waals surface area (Å²) in [5.41, 5.74) is 0. The van der Waals surface area contributed by atoms with Crippen LogP contribution >= 0.6 is 15.6 Å². The number of carbonyl (C=O) groups excluding carboxylic acids is 4. The predicted octanol–water partition coefficient (Wildman–Crippen LogP) is 18.8. The van der Waals surface area contributed by atoms with E-state index in [1.165, 1.54) is 148 Å². The van der Waals surface area contributed by atoms with Crippen molar-refractivity contribution >= 4 is 39.5 Å². The highest BCUT2D eigenvalue weighted by atomic mass is 31.2. The number of ether oxygens (including phenoxy) is 4. The summed E-state index contributed by atoms with van der Waals surface area (Å²) in [5.74, 6) is -0.593. The highest BCUT2D eigenvalue weighted by Crippen LogP contribution is 2.45. The van der Waals surface area contributed by atoms with Crippen LogP contribution in [0.15, 0.2) is 0 Å². The van der Waals surface area contributed by atoms with Gasteiger partial charge in [-0.05, 0) is 37.5 Å². The lowest BCUT2D eigenvalue weighted by molar-refractivity contribution is -0.161. The lowest BCUT2D eigenvalue weighted by Gasteiger charge is -2.21. The molecule has 0 rings (SSSR count). The molecular formula is C67H130O17P2. The number of unbranched alkanes of at least 4 members (excludes halogenated alkanes) is 36. The molecule has 0 saturated heterocycles. The Morgan fingerprint density at radius 1 is 0.314 bits per heavy atom. The average molecular weight is 1270 g/mol. The molecular weight excluding hydrogens is 1140 g/mol. The maximum atomic E-state index is 13.0. The second-order valence-corrected chi connectivity index (χ2v) is 28.1. The molecule has 0 aromatic heterocycles. The van der Waals surface area contributed by atoms with E-state index in [2.05, 4.69) is 41.5 Å². The van der Waals surface area contributed by atoms with E-state index in [0.717, 1.165) is 108 Å². The van der Waals surface area contributed by atoms with Gasteiger partial charge in [-0.2, -0.15) is 0 Å². The quantitative estimate of drug-likeness (QED) is 0.0222. The van der Waals surface area contributed by atoms with Crippen LogP contribution in [-0.4, -0.2) is 96.7 Å². The molecule has 0 aliphatic heterocycles. The van der Waals surface area contributed by atoms with E-state index in [4.69, 9.17) is 37.0 Å². The number of carbonyl (C=O) groups is 4. The fourth-order valence-corrected chi connectivity index (χ4v) is 11.6. The number of esters is 4. The van der Waals surface area contributed by atoms with Crippen LogP contribution in [-0.2, 0) is 65.4 Å². The third kappa shape index (κ3) is 60.9. The topological polar surface area (TPSA) is 237 Å². The van der Waals surface area contributed by atoms with Gasteiger partial charge in [-0.1, -0.05) is 286 Å². The summed E-state index contributed by atoms with van der Waals surface area (Å²) in [6, 6.07) is 0. The molecule has 0 aliphatic carbocycles. The van der Waals surface area contributed by atoms with Crippen molar-refractivity contribution in [3.05, 3.63) is 0 Å². The van der Waals surface area contributed by atoms with Gasteiger partial charge in [0.2, 0.25) is 0 Å². The van der Waals surface area contributed by atoms with E-state index in [0.29, 0.717) is 25.7 Å². The maximum absolute atomic E-state index is 13.0. The Labute approximate surface area is 524 Å². The highest BCUT2D eigenvalue weighted by molar-refractivity contribution is 7.47. The van der Waals surface area contributed by atoms with Crippen LogP contribution in [0.2, 0.25) is 0 Å². The molecule has 510 valence electrons. The number of aliphatic hydroxyl groups is 1. The minimum absolute atomic E-state index is 0.106. The fraction of sp³-hybridized carbons (Fsp3) is 0.940. The van der Waals surface area contributed by atoms with Gasteiger partial charge in [0, 0.05) is 25.7 Å². The molecule has 0 radical (unpaired) electrons. The lowest BCUT2D eigenvalue weighted by Crippen LogP contribution is -2.30. The number of aliphatic hydroxyl groups excluding tert-OH is 1. The van der Waals surface area contributed by atoms with Gasteiger partial charge >= 0.3 is 39.5 Å². The molecule has 3 N–H and O–H groups in total. The second kappa shape index (κ2) is 59.4. The van der Waals surface area contributed by atoms with E-state index < -0.39 is 97.5 Å². The van der Waals surface area contributed by atoms with E-state index in [9.17, 15) is 43.2 Å². The maximum Gasteiger partial charge on any atom is 0.472 e. The zero-order chi connectivity index (χ0) is 63.6. The summed E-state index contributed by atoms with van der Waals surface area (Å²) in [5, 5.41) is 10.5. The van der Waals surface area contributed by atoms with Crippen molar-refractivity contribution in [1.29, 1.82) is 0 Å². The molecule has 0 aromatic carbocycles. The summed E-state index contributed by atoms with van der Waals surface area (Å²) in [4.78, 5) is 72.1. The fourth-order valence-electron chi connectivity index (χ4n) is 10.1. The minimum atomic E-state index is -4.95. The molecule has 86 heavy (non-hydrogen) atoms. The molecule has 0 heterocycles. The molecule has 19 heteroatoms. The van der Waals surface area contributed by atoms with Crippen LogP contribution in [0.1, 0.15) is 337 Å². The van der Waals surface area contributed by atoms with E-state index in [1.807, 2.05) is 0 Å². The van der Waals surface area contributed by atoms with Crippen LogP contribution < -0.4 is 0 Å². The normalized spacial score (nSPS) is 14.2. The Kier molecular flexibility index (Phi) is 58.0. The van der Waals surface area contributed by atoms with Gasteiger partial charge in [-0.3, -0.25) is 37.3 Å². The number of phosphoric acid groups is 2. The molecule has 0 fully saturated rings. The first-order valence-corrected chi connectivity index (χ1v) is 38.0. The Morgan fingerprint density at radius 3 is 0.791 bits per heavy atom. The zero-order valence-corrected chi connectivity index (χ0v) is 57.4. The number of phosphoric ester groups is 2. The van der Waals surface area contributed by atoms with Crippen molar-refractivity contribution in [2.75, 3.05) is 39.6 Å². The first-order chi connectivity index (χ1) is 41.4. The van der Waals surface area contributed by atoms with Crippen molar-refractivity contribution in [1.82, 2.24) is 0 Å². The molecule has 0 bridgehead atoms. The highest BCUT2D eigenvalue weighted by Gasteiger charge is 2.30. The van der Waals surface area contributed by atoms with E-state index in [-0.39, 0.29) is 25.7 Å². The Balaban J connectivity index is 5.15. The van der Waals surface area contributed by atoms with Gasteiger partial charge in [0.1, 0.15) is 19.3 Å². The summed E-state index contributed by atoms with van der Waals surface area (Å²) in [6.45, 7) is 9.44. The average Bonchev–Trinajstić information content (AvgIpc) is 3.65. The third-order valence-electron chi connectivity index (χ3n) is 15.5. The van der Waals surface area contributed by atoms with Crippen LogP contribution in [0.25, 0.3) is 0 Å².